The summed E-state index contributed by atoms with van der Waals surface area (Å²) in [5.74, 6) is 0.326. The number of anilines is 1. The van der Waals surface area contributed by atoms with Crippen LogP contribution < -0.4 is 5.32 Å². The zero-order valence-corrected chi connectivity index (χ0v) is 14.4. The molecule has 0 aliphatic carbocycles. The first-order valence-electron chi connectivity index (χ1n) is 8.59. The van der Waals surface area contributed by atoms with E-state index in [1.165, 1.54) is 12.1 Å². The van der Waals surface area contributed by atoms with Gasteiger partial charge in [-0.1, -0.05) is 12.1 Å². The van der Waals surface area contributed by atoms with Gasteiger partial charge in [-0.15, -0.1) is 0 Å². The topological polar surface area (TPSA) is 65.5 Å². The average molecular weight is 356 g/mol. The number of benzene rings is 1. The number of hydrogen-bond donors (Lipinski definition) is 1. The molecule has 6 nitrogen and oxygen atoms in total. The van der Waals surface area contributed by atoms with Crippen LogP contribution in [-0.2, 0) is 11.2 Å². The lowest BCUT2D eigenvalue weighted by molar-refractivity contribution is -0.119. The number of hydrogen-bond acceptors (Lipinski definition) is 4. The Morgan fingerprint density at radius 3 is 2.58 bits per heavy atom. The number of nitrogens with one attached hydrogen (secondary N) is 1. The van der Waals surface area contributed by atoms with E-state index in [1.54, 1.807) is 40.3 Å². The van der Waals surface area contributed by atoms with Gasteiger partial charge in [-0.2, -0.15) is 0 Å². The highest BCUT2D eigenvalue weighted by Gasteiger charge is 2.21. The number of carbonyl (C=O) groups excluding carboxylic acids is 2. The Labute approximate surface area is 151 Å². The summed E-state index contributed by atoms with van der Waals surface area (Å²) in [5.41, 5.74) is 1.60. The molecular weight excluding hydrogens is 335 g/mol. The molecule has 2 aromatic rings. The SMILES string of the molecule is O=CN1CCN(C(=O)c2ccnc(NCCc3ccc(F)cc3)c2)CC1. The number of aromatic nitrogens is 1. The van der Waals surface area contributed by atoms with Crippen LogP contribution in [0.4, 0.5) is 10.2 Å². The maximum atomic E-state index is 12.9. The fraction of sp³-hybridized carbons (Fsp3) is 0.316. The molecule has 1 fully saturated rings. The lowest BCUT2D eigenvalue weighted by Gasteiger charge is -2.32. The normalized spacial score (nSPS) is 14.2. The molecule has 1 aromatic carbocycles. The minimum Gasteiger partial charge on any atom is -0.370 e. The molecule has 0 atom stereocenters. The molecule has 1 saturated heterocycles. The Morgan fingerprint density at radius 2 is 1.88 bits per heavy atom. The van der Waals surface area contributed by atoms with Gasteiger partial charge in [0.05, 0.1) is 0 Å². The molecule has 1 aliphatic rings. The number of halogens is 1. The van der Waals surface area contributed by atoms with Crippen molar-refractivity contribution in [3.8, 4) is 0 Å². The van der Waals surface area contributed by atoms with Gasteiger partial charge in [0.15, 0.2) is 0 Å². The molecule has 26 heavy (non-hydrogen) atoms. The van der Waals surface area contributed by atoms with Gasteiger partial charge in [0.25, 0.3) is 5.91 Å². The van der Waals surface area contributed by atoms with E-state index in [4.69, 9.17) is 0 Å². The maximum absolute atomic E-state index is 12.9. The molecule has 2 amide bonds. The third-order valence-corrected chi connectivity index (χ3v) is 4.39. The second-order valence-electron chi connectivity index (χ2n) is 6.17. The molecule has 0 spiro atoms. The van der Waals surface area contributed by atoms with Crippen LogP contribution in [0.25, 0.3) is 0 Å². The van der Waals surface area contributed by atoms with E-state index in [9.17, 15) is 14.0 Å². The molecule has 0 unspecified atom stereocenters. The minimum absolute atomic E-state index is 0.0560. The molecule has 0 radical (unpaired) electrons. The average Bonchev–Trinajstić information content (AvgIpc) is 2.69. The van der Waals surface area contributed by atoms with Crippen LogP contribution in [0.5, 0.6) is 0 Å². The van der Waals surface area contributed by atoms with Gasteiger partial charge in [0.2, 0.25) is 6.41 Å². The van der Waals surface area contributed by atoms with Crippen molar-refractivity contribution < 1.29 is 14.0 Å². The summed E-state index contributed by atoms with van der Waals surface area (Å²) < 4.78 is 12.9. The van der Waals surface area contributed by atoms with Crippen molar-refractivity contribution in [1.29, 1.82) is 0 Å². The van der Waals surface area contributed by atoms with E-state index in [-0.39, 0.29) is 11.7 Å². The lowest BCUT2D eigenvalue weighted by Crippen LogP contribution is -2.48. The van der Waals surface area contributed by atoms with E-state index in [2.05, 4.69) is 10.3 Å². The predicted molar refractivity (Wildman–Crippen MR) is 96.4 cm³/mol. The van der Waals surface area contributed by atoms with Crippen molar-refractivity contribution in [2.75, 3.05) is 38.0 Å². The standard InChI is InChI=1S/C19H21FN4O2/c20-17-3-1-15(2-4-17)5-7-21-18-13-16(6-8-22-18)19(26)24-11-9-23(14-25)10-12-24/h1-4,6,8,13-14H,5,7,9-12H2,(H,21,22). The van der Waals surface area contributed by atoms with Crippen LogP contribution >= 0.6 is 0 Å². The van der Waals surface area contributed by atoms with E-state index in [0.717, 1.165) is 18.4 Å². The highest BCUT2D eigenvalue weighted by molar-refractivity contribution is 5.95. The van der Waals surface area contributed by atoms with Crippen LogP contribution in [0.2, 0.25) is 0 Å². The van der Waals surface area contributed by atoms with Crippen LogP contribution in [0.15, 0.2) is 42.6 Å². The van der Waals surface area contributed by atoms with E-state index in [1.807, 2.05) is 0 Å². The second-order valence-corrected chi connectivity index (χ2v) is 6.17. The molecule has 3 rings (SSSR count). The highest BCUT2D eigenvalue weighted by atomic mass is 19.1. The van der Waals surface area contributed by atoms with Crippen molar-refractivity contribution in [3.05, 3.63) is 59.5 Å². The van der Waals surface area contributed by atoms with Gasteiger partial charge < -0.3 is 15.1 Å². The monoisotopic (exact) mass is 356 g/mol. The van der Waals surface area contributed by atoms with E-state index < -0.39 is 0 Å². The number of rotatable bonds is 6. The Balaban J connectivity index is 1.55. The van der Waals surface area contributed by atoms with E-state index >= 15 is 0 Å². The summed E-state index contributed by atoms with van der Waals surface area (Å²) in [7, 11) is 0. The number of nitrogens with zero attached hydrogens (tertiary/aromatic N) is 3. The number of piperazine rings is 1. The summed E-state index contributed by atoms with van der Waals surface area (Å²) in [6.07, 6.45) is 3.15. The van der Waals surface area contributed by atoms with Crippen molar-refractivity contribution in [2.45, 2.75) is 6.42 Å². The van der Waals surface area contributed by atoms with Gasteiger partial charge in [0.1, 0.15) is 11.6 Å². The van der Waals surface area contributed by atoms with Gasteiger partial charge >= 0.3 is 0 Å². The summed E-state index contributed by atoms with van der Waals surface area (Å²) in [6.45, 7) is 2.82. The molecular formula is C19H21FN4O2. The van der Waals surface area contributed by atoms with Gasteiger partial charge in [0, 0.05) is 44.5 Å². The minimum atomic E-state index is -0.247. The Hall–Kier alpha value is -2.96. The van der Waals surface area contributed by atoms with Crippen molar-refractivity contribution >= 4 is 18.1 Å². The fourth-order valence-corrected chi connectivity index (χ4v) is 2.86. The summed E-state index contributed by atoms with van der Waals surface area (Å²) in [4.78, 5) is 31.0. The molecule has 136 valence electrons. The van der Waals surface area contributed by atoms with Crippen molar-refractivity contribution in [1.82, 2.24) is 14.8 Å². The summed E-state index contributed by atoms with van der Waals surface area (Å²) in [5, 5.41) is 3.19. The largest absolute Gasteiger partial charge is 0.370 e. The number of carbonyl (C=O) groups is 2. The fourth-order valence-electron chi connectivity index (χ4n) is 2.86. The number of pyridine rings is 1. The Morgan fingerprint density at radius 1 is 1.15 bits per heavy atom. The highest BCUT2D eigenvalue weighted by Crippen LogP contribution is 2.12. The van der Waals surface area contributed by atoms with E-state index in [0.29, 0.717) is 44.1 Å². The Bertz CT molecular complexity index is 758. The third-order valence-electron chi connectivity index (χ3n) is 4.39. The maximum Gasteiger partial charge on any atom is 0.254 e. The van der Waals surface area contributed by atoms with Crippen LogP contribution in [0.3, 0.4) is 0 Å². The van der Waals surface area contributed by atoms with Crippen molar-refractivity contribution in [2.24, 2.45) is 0 Å². The van der Waals surface area contributed by atoms with Gasteiger partial charge in [-0.25, -0.2) is 9.37 Å². The first kappa shape index (κ1) is 17.8. The molecule has 1 aliphatic heterocycles. The third kappa shape index (κ3) is 4.56. The molecule has 0 bridgehead atoms. The van der Waals surface area contributed by atoms with Crippen LogP contribution in [0.1, 0.15) is 15.9 Å². The predicted octanol–water partition coefficient (Wildman–Crippen LogP) is 1.79. The van der Waals surface area contributed by atoms with Crippen LogP contribution in [-0.4, -0.2) is 59.8 Å². The van der Waals surface area contributed by atoms with Crippen molar-refractivity contribution in [3.63, 3.8) is 0 Å². The van der Waals surface area contributed by atoms with Crippen LogP contribution in [0, 0.1) is 5.82 Å². The summed E-state index contributed by atoms with van der Waals surface area (Å²) in [6, 6.07) is 9.82. The lowest BCUT2D eigenvalue weighted by atomic mass is 10.1. The quantitative estimate of drug-likeness (QED) is 0.802. The molecule has 7 heteroatoms. The van der Waals surface area contributed by atoms with Gasteiger partial charge in [-0.05, 0) is 36.2 Å². The summed E-state index contributed by atoms with van der Waals surface area (Å²) >= 11 is 0. The molecule has 2 heterocycles. The molecule has 1 N–H and O–H groups in total. The Kier molecular flexibility index (Phi) is 5.78. The second kappa shape index (κ2) is 8.42. The zero-order valence-electron chi connectivity index (χ0n) is 14.4. The smallest absolute Gasteiger partial charge is 0.254 e. The first-order chi connectivity index (χ1) is 12.7. The molecule has 0 saturated carbocycles. The number of amides is 2. The first-order valence-corrected chi connectivity index (χ1v) is 8.59. The van der Waals surface area contributed by atoms with Gasteiger partial charge in [-0.3, -0.25) is 9.59 Å². The zero-order chi connectivity index (χ0) is 18.4. The molecule has 1 aromatic heterocycles.